The molecule has 1 unspecified atom stereocenters. The molecule has 0 saturated heterocycles. The number of benzene rings is 1. The topological polar surface area (TPSA) is 38.9 Å². The van der Waals surface area contributed by atoms with E-state index >= 15 is 0 Å². The first-order chi connectivity index (χ1) is 9.58. The van der Waals surface area contributed by atoms with E-state index in [9.17, 15) is 0 Å². The van der Waals surface area contributed by atoms with Gasteiger partial charge in [0, 0.05) is 11.6 Å². The summed E-state index contributed by atoms with van der Waals surface area (Å²) in [7, 11) is 4.19. The third-order valence-electron chi connectivity index (χ3n) is 3.88. The Balaban J connectivity index is 2.19. The highest BCUT2D eigenvalue weighted by molar-refractivity contribution is 5.85. The Morgan fingerprint density at radius 3 is 2.50 bits per heavy atom. The van der Waals surface area contributed by atoms with Crippen LogP contribution in [0.25, 0.3) is 16.6 Å². The zero-order chi connectivity index (χ0) is 14.3. The average Bonchev–Trinajstić information content (AvgIpc) is 3.06. The van der Waals surface area contributed by atoms with E-state index in [1.54, 1.807) is 12.7 Å². The molecule has 5 heteroatoms. The van der Waals surface area contributed by atoms with Gasteiger partial charge in [0.05, 0.1) is 17.4 Å². The predicted molar refractivity (Wildman–Crippen MR) is 80.0 cm³/mol. The minimum absolute atomic E-state index is 0.308. The van der Waals surface area contributed by atoms with Crippen LogP contribution in [-0.2, 0) is 0 Å². The van der Waals surface area contributed by atoms with Crippen molar-refractivity contribution in [3.63, 3.8) is 0 Å². The van der Waals surface area contributed by atoms with Gasteiger partial charge in [-0.2, -0.15) is 0 Å². The van der Waals surface area contributed by atoms with E-state index in [-0.39, 0.29) is 0 Å². The molecule has 0 radical (unpaired) electrons. The number of rotatable bonds is 3. The van der Waals surface area contributed by atoms with Gasteiger partial charge in [0.25, 0.3) is 0 Å². The van der Waals surface area contributed by atoms with Crippen LogP contribution in [0.1, 0.15) is 18.7 Å². The van der Waals surface area contributed by atoms with Gasteiger partial charge < -0.3 is 4.57 Å². The molecular weight excluding hydrogens is 250 g/mol. The Morgan fingerprint density at radius 1 is 1.15 bits per heavy atom. The SMILES string of the molecule is Cc1cn(C(C)N(C)C)c2cc(-n3cnnc3)ccc12. The molecule has 104 valence electrons. The molecule has 3 aromatic rings. The maximum Gasteiger partial charge on any atom is 0.123 e. The smallest absolute Gasteiger partial charge is 0.123 e. The lowest BCUT2D eigenvalue weighted by Gasteiger charge is -2.22. The van der Waals surface area contributed by atoms with Crippen molar-refractivity contribution in [2.75, 3.05) is 14.1 Å². The summed E-state index contributed by atoms with van der Waals surface area (Å²) >= 11 is 0. The molecule has 2 heterocycles. The summed E-state index contributed by atoms with van der Waals surface area (Å²) in [4.78, 5) is 2.20. The minimum atomic E-state index is 0.308. The van der Waals surface area contributed by atoms with E-state index in [1.807, 2.05) is 4.57 Å². The third kappa shape index (κ3) is 2.00. The summed E-state index contributed by atoms with van der Waals surface area (Å²) in [5.74, 6) is 0. The van der Waals surface area contributed by atoms with Gasteiger partial charge in [-0.3, -0.25) is 9.47 Å². The van der Waals surface area contributed by atoms with Crippen LogP contribution in [0, 0.1) is 6.92 Å². The van der Waals surface area contributed by atoms with Gasteiger partial charge >= 0.3 is 0 Å². The lowest BCUT2D eigenvalue weighted by molar-refractivity contribution is 0.244. The van der Waals surface area contributed by atoms with Crippen LogP contribution in [0.5, 0.6) is 0 Å². The molecule has 5 nitrogen and oxygen atoms in total. The molecule has 2 aromatic heterocycles. The van der Waals surface area contributed by atoms with Crippen molar-refractivity contribution in [3.05, 3.63) is 42.6 Å². The predicted octanol–water partition coefficient (Wildman–Crippen LogP) is 2.61. The lowest BCUT2D eigenvalue weighted by atomic mass is 10.2. The van der Waals surface area contributed by atoms with E-state index in [2.05, 4.69) is 72.0 Å². The molecule has 3 rings (SSSR count). The largest absolute Gasteiger partial charge is 0.331 e. The van der Waals surface area contributed by atoms with Crippen molar-refractivity contribution in [2.45, 2.75) is 20.0 Å². The summed E-state index contributed by atoms with van der Waals surface area (Å²) in [6, 6.07) is 6.45. The molecule has 0 amide bonds. The molecule has 0 fully saturated rings. The third-order valence-corrected chi connectivity index (χ3v) is 3.88. The van der Waals surface area contributed by atoms with Crippen LogP contribution in [-0.4, -0.2) is 38.3 Å². The van der Waals surface area contributed by atoms with Crippen molar-refractivity contribution in [1.82, 2.24) is 24.2 Å². The number of aryl methyl sites for hydroxylation is 1. The van der Waals surface area contributed by atoms with Crippen LogP contribution in [0.15, 0.2) is 37.1 Å². The minimum Gasteiger partial charge on any atom is -0.331 e. The Hall–Kier alpha value is -2.14. The molecule has 1 atom stereocenters. The Bertz CT molecular complexity index is 724. The van der Waals surface area contributed by atoms with Crippen LogP contribution in [0.2, 0.25) is 0 Å². The molecule has 20 heavy (non-hydrogen) atoms. The van der Waals surface area contributed by atoms with Crippen molar-refractivity contribution in [3.8, 4) is 5.69 Å². The van der Waals surface area contributed by atoms with Gasteiger partial charge in [0.1, 0.15) is 12.7 Å². The van der Waals surface area contributed by atoms with Crippen molar-refractivity contribution < 1.29 is 0 Å². The standard InChI is InChI=1S/C15H19N5/c1-11-8-20(12(2)18(3)4)15-7-13(5-6-14(11)15)19-9-16-17-10-19/h5-10,12H,1-4H3. The maximum absolute atomic E-state index is 3.87. The number of fused-ring (bicyclic) bond motifs is 1. The summed E-state index contributed by atoms with van der Waals surface area (Å²) in [6.45, 7) is 4.35. The van der Waals surface area contributed by atoms with Crippen LogP contribution in [0.3, 0.4) is 0 Å². The summed E-state index contributed by atoms with van der Waals surface area (Å²) in [5, 5.41) is 9.02. The molecule has 0 aliphatic heterocycles. The van der Waals surface area contributed by atoms with Crippen molar-refractivity contribution >= 4 is 10.9 Å². The first kappa shape index (κ1) is 12.9. The van der Waals surface area contributed by atoms with Gasteiger partial charge in [-0.25, -0.2) is 0 Å². The zero-order valence-electron chi connectivity index (χ0n) is 12.3. The summed E-state index contributed by atoms with van der Waals surface area (Å²) in [5.41, 5.74) is 3.60. The Labute approximate surface area is 118 Å². The molecule has 0 aliphatic rings. The fourth-order valence-corrected chi connectivity index (χ4v) is 2.47. The van der Waals surface area contributed by atoms with E-state index < -0.39 is 0 Å². The van der Waals surface area contributed by atoms with Gasteiger partial charge in [-0.1, -0.05) is 6.07 Å². The monoisotopic (exact) mass is 269 g/mol. The van der Waals surface area contributed by atoms with Gasteiger partial charge in [-0.15, -0.1) is 10.2 Å². The van der Waals surface area contributed by atoms with E-state index in [4.69, 9.17) is 0 Å². The number of nitrogens with zero attached hydrogens (tertiary/aromatic N) is 5. The van der Waals surface area contributed by atoms with Crippen molar-refractivity contribution in [2.24, 2.45) is 0 Å². The molecule has 1 aromatic carbocycles. The highest BCUT2D eigenvalue weighted by Gasteiger charge is 2.13. The van der Waals surface area contributed by atoms with E-state index in [1.165, 1.54) is 16.5 Å². The second-order valence-electron chi connectivity index (χ2n) is 5.39. The van der Waals surface area contributed by atoms with Gasteiger partial charge in [-0.05, 0) is 45.6 Å². The number of hydrogen-bond donors (Lipinski definition) is 0. The highest BCUT2D eigenvalue weighted by atomic mass is 15.3. The maximum atomic E-state index is 3.87. The fraction of sp³-hybridized carbons (Fsp3) is 0.333. The first-order valence-electron chi connectivity index (χ1n) is 6.70. The normalized spacial score (nSPS) is 13.2. The molecule has 0 bridgehead atoms. The van der Waals surface area contributed by atoms with Crippen LogP contribution < -0.4 is 0 Å². The quantitative estimate of drug-likeness (QED) is 0.733. The first-order valence-corrected chi connectivity index (χ1v) is 6.70. The molecule has 0 aliphatic carbocycles. The lowest BCUT2D eigenvalue weighted by Crippen LogP contribution is -2.22. The Morgan fingerprint density at radius 2 is 1.85 bits per heavy atom. The summed E-state index contributed by atoms with van der Waals surface area (Å²) < 4.78 is 4.23. The highest BCUT2D eigenvalue weighted by Crippen LogP contribution is 2.27. The number of hydrogen-bond acceptors (Lipinski definition) is 3. The zero-order valence-corrected chi connectivity index (χ0v) is 12.3. The van der Waals surface area contributed by atoms with Crippen LogP contribution >= 0.6 is 0 Å². The number of aromatic nitrogens is 4. The average molecular weight is 269 g/mol. The Kier molecular flexibility index (Phi) is 3.06. The second kappa shape index (κ2) is 4.76. The molecule has 0 N–H and O–H groups in total. The van der Waals surface area contributed by atoms with Gasteiger partial charge in [0.2, 0.25) is 0 Å². The molecule has 0 saturated carbocycles. The summed E-state index contributed by atoms with van der Waals surface area (Å²) in [6.07, 6.45) is 5.96. The van der Waals surface area contributed by atoms with Crippen molar-refractivity contribution in [1.29, 1.82) is 0 Å². The van der Waals surface area contributed by atoms with Crippen LogP contribution in [0.4, 0.5) is 0 Å². The second-order valence-corrected chi connectivity index (χ2v) is 5.39. The fourth-order valence-electron chi connectivity index (χ4n) is 2.47. The molecular formula is C15H19N5. The molecule has 0 spiro atoms. The van der Waals surface area contributed by atoms with E-state index in [0.29, 0.717) is 6.17 Å². The van der Waals surface area contributed by atoms with E-state index in [0.717, 1.165) is 5.69 Å². The van der Waals surface area contributed by atoms with Gasteiger partial charge in [0.15, 0.2) is 0 Å².